The van der Waals surface area contributed by atoms with Crippen LogP contribution in [0.5, 0.6) is 0 Å². The van der Waals surface area contributed by atoms with E-state index in [-0.39, 0.29) is 11.9 Å². The quantitative estimate of drug-likeness (QED) is 0.581. The monoisotopic (exact) mass is 270 g/mol. The zero-order valence-electron chi connectivity index (χ0n) is 10.9. The van der Waals surface area contributed by atoms with Gasteiger partial charge in [-0.25, -0.2) is 5.48 Å². The van der Waals surface area contributed by atoms with Crippen LogP contribution in [0.25, 0.3) is 0 Å². The van der Waals surface area contributed by atoms with Crippen molar-refractivity contribution >= 4 is 23.2 Å². The summed E-state index contributed by atoms with van der Waals surface area (Å²) in [5, 5.41) is 13.2. The highest BCUT2D eigenvalue weighted by atomic mass is 32.1. The molecule has 1 unspecified atom stereocenters. The van der Waals surface area contributed by atoms with Gasteiger partial charge in [-0.1, -0.05) is 20.8 Å². The van der Waals surface area contributed by atoms with Gasteiger partial charge in [-0.05, 0) is 23.9 Å². The van der Waals surface area contributed by atoms with Crippen LogP contribution in [0.4, 0.5) is 0 Å². The molecule has 1 aromatic heterocycles. The molecule has 0 aromatic carbocycles. The predicted molar refractivity (Wildman–Crippen MR) is 69.6 cm³/mol. The van der Waals surface area contributed by atoms with Crippen LogP contribution in [0, 0.1) is 5.41 Å². The first-order valence-electron chi connectivity index (χ1n) is 5.59. The van der Waals surface area contributed by atoms with Gasteiger partial charge >= 0.3 is 0 Å². The van der Waals surface area contributed by atoms with Gasteiger partial charge in [-0.2, -0.15) is 0 Å². The van der Waals surface area contributed by atoms with Crippen LogP contribution in [0.1, 0.15) is 49.0 Å². The van der Waals surface area contributed by atoms with Crippen LogP contribution in [-0.2, 0) is 4.79 Å². The van der Waals surface area contributed by atoms with E-state index in [9.17, 15) is 9.59 Å². The van der Waals surface area contributed by atoms with E-state index in [2.05, 4.69) is 5.32 Å². The average molecular weight is 270 g/mol. The van der Waals surface area contributed by atoms with Crippen molar-refractivity contribution in [3.63, 3.8) is 0 Å². The molecule has 18 heavy (non-hydrogen) atoms. The van der Waals surface area contributed by atoms with E-state index in [1.807, 2.05) is 27.7 Å². The SMILES string of the molecule is CC(NC(=O)C(C)(C)C)c1csc(C(=O)NO)c1. The molecule has 3 N–H and O–H groups in total. The first-order valence-corrected chi connectivity index (χ1v) is 6.47. The zero-order valence-corrected chi connectivity index (χ0v) is 11.7. The van der Waals surface area contributed by atoms with Crippen molar-refractivity contribution in [2.24, 2.45) is 5.41 Å². The average Bonchev–Trinajstić information content (AvgIpc) is 2.75. The Kier molecular flexibility index (Phi) is 4.48. The number of thiophene rings is 1. The van der Waals surface area contributed by atoms with Crippen molar-refractivity contribution in [1.29, 1.82) is 0 Å². The molecule has 0 spiro atoms. The van der Waals surface area contributed by atoms with Gasteiger partial charge in [-0.3, -0.25) is 14.8 Å². The first kappa shape index (κ1) is 14.7. The van der Waals surface area contributed by atoms with Crippen LogP contribution >= 0.6 is 11.3 Å². The van der Waals surface area contributed by atoms with Crippen molar-refractivity contribution in [2.75, 3.05) is 0 Å². The maximum Gasteiger partial charge on any atom is 0.284 e. The molecular formula is C12H18N2O3S. The Labute approximate surface area is 110 Å². The molecule has 1 atom stereocenters. The smallest absolute Gasteiger partial charge is 0.284 e. The minimum atomic E-state index is -0.541. The summed E-state index contributed by atoms with van der Waals surface area (Å²) in [5.74, 6) is -0.588. The lowest BCUT2D eigenvalue weighted by Crippen LogP contribution is -2.36. The van der Waals surface area contributed by atoms with E-state index in [1.54, 1.807) is 16.9 Å². The van der Waals surface area contributed by atoms with Gasteiger partial charge in [0.2, 0.25) is 5.91 Å². The summed E-state index contributed by atoms with van der Waals surface area (Å²) >= 11 is 1.22. The third-order valence-corrected chi connectivity index (χ3v) is 3.42. The van der Waals surface area contributed by atoms with Crippen LogP contribution in [0.3, 0.4) is 0 Å². The highest BCUT2D eigenvalue weighted by Gasteiger charge is 2.23. The van der Waals surface area contributed by atoms with Gasteiger partial charge in [0.05, 0.1) is 10.9 Å². The Morgan fingerprint density at radius 3 is 2.50 bits per heavy atom. The molecule has 0 aliphatic carbocycles. The Morgan fingerprint density at radius 1 is 1.39 bits per heavy atom. The lowest BCUT2D eigenvalue weighted by atomic mass is 9.95. The third-order valence-electron chi connectivity index (χ3n) is 2.47. The summed E-state index contributed by atoms with van der Waals surface area (Å²) in [5.41, 5.74) is 1.98. The summed E-state index contributed by atoms with van der Waals surface area (Å²) in [6.45, 7) is 7.38. The number of amides is 2. The van der Waals surface area contributed by atoms with Gasteiger partial charge in [0.1, 0.15) is 0 Å². The largest absolute Gasteiger partial charge is 0.349 e. The van der Waals surface area contributed by atoms with E-state index in [0.29, 0.717) is 4.88 Å². The summed E-state index contributed by atoms with van der Waals surface area (Å²) in [7, 11) is 0. The summed E-state index contributed by atoms with van der Waals surface area (Å²) in [4.78, 5) is 23.4. The molecule has 0 bridgehead atoms. The standard InChI is InChI=1S/C12H18N2O3S/c1-7(13-11(16)12(2,3)4)8-5-9(18-6-8)10(15)14-17/h5-7,17H,1-4H3,(H,13,16)(H,14,15). The number of nitrogens with one attached hydrogen (secondary N) is 2. The summed E-state index contributed by atoms with van der Waals surface area (Å²) < 4.78 is 0. The Balaban J connectivity index is 2.73. The van der Waals surface area contributed by atoms with E-state index in [4.69, 9.17) is 5.21 Å². The predicted octanol–water partition coefficient (Wildman–Crippen LogP) is 2.09. The molecule has 100 valence electrons. The van der Waals surface area contributed by atoms with Crippen molar-refractivity contribution < 1.29 is 14.8 Å². The van der Waals surface area contributed by atoms with Gasteiger partial charge in [0, 0.05) is 5.41 Å². The molecule has 0 fully saturated rings. The second-order valence-electron chi connectivity index (χ2n) is 5.13. The molecule has 0 saturated carbocycles. The lowest BCUT2D eigenvalue weighted by Gasteiger charge is -2.21. The highest BCUT2D eigenvalue weighted by molar-refractivity contribution is 7.12. The third kappa shape index (κ3) is 3.54. The molecule has 1 aromatic rings. The number of carbonyl (C=O) groups excluding carboxylic acids is 2. The van der Waals surface area contributed by atoms with Crippen LogP contribution in [0.15, 0.2) is 11.4 Å². The van der Waals surface area contributed by atoms with Crippen LogP contribution < -0.4 is 10.8 Å². The zero-order chi connectivity index (χ0) is 13.9. The Hall–Kier alpha value is -1.40. The lowest BCUT2D eigenvalue weighted by molar-refractivity contribution is -0.129. The second kappa shape index (κ2) is 5.49. The molecule has 0 radical (unpaired) electrons. The maximum atomic E-state index is 11.8. The number of hydroxylamine groups is 1. The van der Waals surface area contributed by atoms with Crippen molar-refractivity contribution in [1.82, 2.24) is 10.8 Å². The molecule has 0 saturated heterocycles. The Bertz CT molecular complexity index is 448. The molecule has 1 rings (SSSR count). The summed E-state index contributed by atoms with van der Waals surface area (Å²) in [6, 6.07) is 1.48. The number of rotatable bonds is 3. The number of hydrogen-bond donors (Lipinski definition) is 3. The minimum Gasteiger partial charge on any atom is -0.349 e. The maximum absolute atomic E-state index is 11.8. The van der Waals surface area contributed by atoms with Gasteiger partial charge in [0.25, 0.3) is 5.91 Å². The number of carbonyl (C=O) groups is 2. The van der Waals surface area contributed by atoms with E-state index >= 15 is 0 Å². The van der Waals surface area contributed by atoms with Gasteiger partial charge in [-0.15, -0.1) is 11.3 Å². The van der Waals surface area contributed by atoms with E-state index in [1.165, 1.54) is 11.3 Å². The molecule has 2 amide bonds. The molecule has 0 aliphatic rings. The fourth-order valence-electron chi connectivity index (χ4n) is 1.25. The van der Waals surface area contributed by atoms with Crippen LogP contribution in [0.2, 0.25) is 0 Å². The van der Waals surface area contributed by atoms with Crippen LogP contribution in [-0.4, -0.2) is 17.0 Å². The fraction of sp³-hybridized carbons (Fsp3) is 0.500. The fourth-order valence-corrected chi connectivity index (χ4v) is 2.14. The topological polar surface area (TPSA) is 78.4 Å². The Morgan fingerprint density at radius 2 is 2.00 bits per heavy atom. The van der Waals surface area contributed by atoms with Gasteiger partial charge < -0.3 is 5.32 Å². The molecular weight excluding hydrogens is 252 g/mol. The molecule has 0 aliphatic heterocycles. The summed E-state index contributed by atoms with van der Waals surface area (Å²) in [6.07, 6.45) is 0. The van der Waals surface area contributed by atoms with Crippen molar-refractivity contribution in [3.05, 3.63) is 21.9 Å². The first-order chi connectivity index (χ1) is 8.25. The van der Waals surface area contributed by atoms with Gasteiger partial charge in [0.15, 0.2) is 0 Å². The highest BCUT2D eigenvalue weighted by Crippen LogP contribution is 2.22. The normalized spacial score (nSPS) is 12.9. The van der Waals surface area contributed by atoms with Crippen molar-refractivity contribution in [3.8, 4) is 0 Å². The van der Waals surface area contributed by atoms with E-state index < -0.39 is 11.3 Å². The molecule has 6 heteroatoms. The van der Waals surface area contributed by atoms with Crippen molar-refractivity contribution in [2.45, 2.75) is 33.7 Å². The molecule has 5 nitrogen and oxygen atoms in total. The van der Waals surface area contributed by atoms with E-state index in [0.717, 1.165) is 5.56 Å². The minimum absolute atomic E-state index is 0.0469. The molecule has 1 heterocycles. The second-order valence-corrected chi connectivity index (χ2v) is 6.04. The number of hydrogen-bond acceptors (Lipinski definition) is 4.